The number of hydrogen-bond acceptors (Lipinski definition) is 2. The number of benzene rings is 1. The lowest BCUT2D eigenvalue weighted by atomic mass is 9.80. The molecule has 1 aliphatic rings. The van der Waals surface area contributed by atoms with E-state index in [0.717, 1.165) is 31.0 Å². The average molecular weight is 287 g/mol. The van der Waals surface area contributed by atoms with Crippen molar-refractivity contribution in [2.75, 3.05) is 0 Å². The van der Waals surface area contributed by atoms with Crippen LogP contribution in [0.25, 0.3) is 0 Å². The molecule has 1 saturated carbocycles. The van der Waals surface area contributed by atoms with E-state index in [1.54, 1.807) is 0 Å². The summed E-state index contributed by atoms with van der Waals surface area (Å²) in [6, 6.07) is 2.83. The zero-order chi connectivity index (χ0) is 14.2. The van der Waals surface area contributed by atoms with Crippen molar-refractivity contribution < 1.29 is 13.0 Å². The molecule has 2 N–H and O–H groups in total. The van der Waals surface area contributed by atoms with Crippen LogP contribution in [0.4, 0.5) is 8.78 Å². The van der Waals surface area contributed by atoms with E-state index in [2.05, 4.69) is 6.92 Å². The van der Waals surface area contributed by atoms with Gasteiger partial charge in [0.2, 0.25) is 0 Å². The summed E-state index contributed by atoms with van der Waals surface area (Å²) in [6.07, 6.45) is 1.69. The zero-order valence-electron chi connectivity index (χ0n) is 11.1. The molecular formula is C14H19F2NOS. The van der Waals surface area contributed by atoms with Crippen LogP contribution in [0, 0.1) is 23.5 Å². The van der Waals surface area contributed by atoms with Gasteiger partial charge in [0.25, 0.3) is 0 Å². The maximum Gasteiger partial charge on any atom is 0.139 e. The molecule has 1 aromatic rings. The highest BCUT2D eigenvalue weighted by molar-refractivity contribution is 7.85. The highest BCUT2D eigenvalue weighted by atomic mass is 32.2. The van der Waals surface area contributed by atoms with E-state index in [0.29, 0.717) is 5.92 Å². The van der Waals surface area contributed by atoms with E-state index >= 15 is 0 Å². The largest absolute Gasteiger partial charge is 0.327 e. The molecule has 0 spiro atoms. The number of halogens is 2. The second kappa shape index (κ2) is 5.67. The molecule has 5 heteroatoms. The first kappa shape index (κ1) is 14.6. The highest BCUT2D eigenvalue weighted by Crippen LogP contribution is 2.34. The molecule has 2 rings (SSSR count). The van der Waals surface area contributed by atoms with Crippen molar-refractivity contribution in [1.82, 2.24) is 0 Å². The Morgan fingerprint density at radius 2 is 1.95 bits per heavy atom. The van der Waals surface area contributed by atoms with Crippen LogP contribution in [0.15, 0.2) is 23.1 Å². The third-order valence-corrected chi connectivity index (χ3v) is 5.84. The molecule has 0 bridgehead atoms. The van der Waals surface area contributed by atoms with Crippen LogP contribution < -0.4 is 5.73 Å². The molecule has 0 amide bonds. The van der Waals surface area contributed by atoms with Gasteiger partial charge < -0.3 is 5.73 Å². The Morgan fingerprint density at radius 3 is 2.58 bits per heavy atom. The van der Waals surface area contributed by atoms with Crippen molar-refractivity contribution in [2.24, 2.45) is 17.6 Å². The van der Waals surface area contributed by atoms with Gasteiger partial charge in [-0.2, -0.15) is 0 Å². The van der Waals surface area contributed by atoms with Gasteiger partial charge in [0, 0.05) is 6.04 Å². The van der Waals surface area contributed by atoms with Gasteiger partial charge >= 0.3 is 0 Å². The number of rotatable bonds is 2. The fraction of sp³-hybridized carbons (Fsp3) is 0.571. The molecule has 0 heterocycles. The van der Waals surface area contributed by atoms with E-state index in [1.165, 1.54) is 0 Å². The standard InChI is InChI=1S/C14H19F2NOS/c1-8-5-9(2)14(12(17)6-8)19(18)13-7-10(15)3-4-11(13)16/h3-4,7-9,12,14H,5-6,17H2,1-2H3. The molecular weight excluding hydrogens is 268 g/mol. The monoisotopic (exact) mass is 287 g/mol. The van der Waals surface area contributed by atoms with Crippen molar-refractivity contribution in [3.05, 3.63) is 29.8 Å². The molecule has 0 aliphatic heterocycles. The third kappa shape index (κ3) is 3.03. The molecule has 1 aliphatic carbocycles. The Kier molecular flexibility index (Phi) is 4.36. The fourth-order valence-electron chi connectivity index (χ4n) is 3.03. The van der Waals surface area contributed by atoms with Gasteiger partial charge in [0.05, 0.1) is 20.9 Å². The molecule has 0 aromatic heterocycles. The Labute approximate surface area is 114 Å². The Balaban J connectivity index is 2.30. The summed E-state index contributed by atoms with van der Waals surface area (Å²) >= 11 is 0. The number of hydrogen-bond donors (Lipinski definition) is 1. The fourth-order valence-corrected chi connectivity index (χ4v) is 4.78. The van der Waals surface area contributed by atoms with Crippen LogP contribution in [0.3, 0.4) is 0 Å². The lowest BCUT2D eigenvalue weighted by Gasteiger charge is -2.37. The first-order valence-electron chi connectivity index (χ1n) is 6.51. The molecule has 0 saturated heterocycles. The van der Waals surface area contributed by atoms with Crippen LogP contribution in [-0.2, 0) is 10.8 Å². The smallest absolute Gasteiger partial charge is 0.139 e. The van der Waals surface area contributed by atoms with Crippen LogP contribution in [0.5, 0.6) is 0 Å². The average Bonchev–Trinajstić information content (AvgIpc) is 2.30. The van der Waals surface area contributed by atoms with Gasteiger partial charge in [-0.05, 0) is 42.9 Å². The molecule has 2 nitrogen and oxygen atoms in total. The van der Waals surface area contributed by atoms with Gasteiger partial charge in [-0.15, -0.1) is 0 Å². The number of nitrogens with two attached hydrogens (primary N) is 1. The van der Waals surface area contributed by atoms with Crippen molar-refractivity contribution in [3.63, 3.8) is 0 Å². The Bertz CT molecular complexity index is 482. The molecule has 5 atom stereocenters. The van der Waals surface area contributed by atoms with E-state index < -0.39 is 22.4 Å². The molecule has 106 valence electrons. The zero-order valence-corrected chi connectivity index (χ0v) is 11.9. The molecule has 0 radical (unpaired) electrons. The van der Waals surface area contributed by atoms with E-state index in [-0.39, 0.29) is 22.1 Å². The van der Waals surface area contributed by atoms with Crippen LogP contribution in [-0.4, -0.2) is 15.5 Å². The summed E-state index contributed by atoms with van der Waals surface area (Å²) in [6.45, 7) is 4.09. The van der Waals surface area contributed by atoms with E-state index in [4.69, 9.17) is 5.73 Å². The van der Waals surface area contributed by atoms with Crippen LogP contribution in [0.1, 0.15) is 26.7 Å². The predicted octanol–water partition coefficient (Wildman–Crippen LogP) is 2.83. The lowest BCUT2D eigenvalue weighted by molar-refractivity contribution is 0.275. The van der Waals surface area contributed by atoms with E-state index in [9.17, 15) is 13.0 Å². The van der Waals surface area contributed by atoms with Crippen molar-refractivity contribution in [1.29, 1.82) is 0 Å². The van der Waals surface area contributed by atoms with E-state index in [1.807, 2.05) is 6.92 Å². The molecule has 1 aromatic carbocycles. The molecule has 5 unspecified atom stereocenters. The third-order valence-electron chi connectivity index (χ3n) is 3.79. The van der Waals surface area contributed by atoms with Crippen molar-refractivity contribution >= 4 is 10.8 Å². The minimum absolute atomic E-state index is 0.0677. The lowest BCUT2D eigenvalue weighted by Crippen LogP contribution is -2.47. The molecule has 19 heavy (non-hydrogen) atoms. The first-order valence-corrected chi connectivity index (χ1v) is 7.72. The van der Waals surface area contributed by atoms with Gasteiger partial charge in [0.15, 0.2) is 0 Å². The second-order valence-electron chi connectivity index (χ2n) is 5.55. The Hall–Kier alpha value is -0.810. The van der Waals surface area contributed by atoms with Crippen molar-refractivity contribution in [2.45, 2.75) is 42.9 Å². The second-order valence-corrected chi connectivity index (χ2v) is 7.13. The Morgan fingerprint density at radius 1 is 1.26 bits per heavy atom. The van der Waals surface area contributed by atoms with Gasteiger partial charge in [-0.25, -0.2) is 8.78 Å². The van der Waals surface area contributed by atoms with Gasteiger partial charge in [-0.3, -0.25) is 4.21 Å². The maximum absolute atomic E-state index is 13.7. The summed E-state index contributed by atoms with van der Waals surface area (Å²) in [5.74, 6) is -0.578. The van der Waals surface area contributed by atoms with Crippen molar-refractivity contribution in [3.8, 4) is 0 Å². The minimum Gasteiger partial charge on any atom is -0.327 e. The normalized spacial score (nSPS) is 33.1. The molecule has 1 fully saturated rings. The van der Waals surface area contributed by atoms with Gasteiger partial charge in [0.1, 0.15) is 11.6 Å². The summed E-state index contributed by atoms with van der Waals surface area (Å²) < 4.78 is 39.4. The summed E-state index contributed by atoms with van der Waals surface area (Å²) in [5.41, 5.74) is 6.08. The quantitative estimate of drug-likeness (QED) is 0.909. The minimum atomic E-state index is -1.61. The first-order chi connectivity index (χ1) is 8.90. The topological polar surface area (TPSA) is 43.1 Å². The SMILES string of the molecule is CC1CC(C)C(S(=O)c2cc(F)ccc2F)C(N)C1. The highest BCUT2D eigenvalue weighted by Gasteiger charge is 2.37. The van der Waals surface area contributed by atoms with Crippen LogP contribution in [0.2, 0.25) is 0 Å². The van der Waals surface area contributed by atoms with Crippen LogP contribution >= 0.6 is 0 Å². The summed E-state index contributed by atoms with van der Waals surface area (Å²) in [7, 11) is -1.61. The van der Waals surface area contributed by atoms with Gasteiger partial charge in [-0.1, -0.05) is 13.8 Å². The predicted molar refractivity (Wildman–Crippen MR) is 72.1 cm³/mol. The summed E-state index contributed by atoms with van der Waals surface area (Å²) in [4.78, 5) is -0.0677. The summed E-state index contributed by atoms with van der Waals surface area (Å²) in [5, 5.41) is -0.312. The maximum atomic E-state index is 13.7.